The largest absolute Gasteiger partial charge is 0.467 e. The minimum atomic E-state index is -0.625. The maximum atomic E-state index is 11.7. The lowest BCUT2D eigenvalue weighted by atomic mass is 10.1. The third-order valence-electron chi connectivity index (χ3n) is 3.14. The highest BCUT2D eigenvalue weighted by Crippen LogP contribution is 2.11. The molecule has 0 spiro atoms. The molecule has 0 radical (unpaired) electrons. The Morgan fingerprint density at radius 3 is 2.71 bits per heavy atom. The Morgan fingerprint density at radius 2 is 2.08 bits per heavy atom. The number of ether oxygens (including phenoxy) is 1. The average Bonchev–Trinajstić information content (AvgIpc) is 3.13. The van der Waals surface area contributed by atoms with Crippen LogP contribution in [0.3, 0.4) is 0 Å². The third kappa shape index (κ3) is 5.14. The molecule has 1 aromatic heterocycles. The highest BCUT2D eigenvalue weighted by atomic mass is 16.5. The van der Waals surface area contributed by atoms with E-state index in [0.717, 1.165) is 5.56 Å². The summed E-state index contributed by atoms with van der Waals surface area (Å²) in [5, 5.41) is 11.4. The van der Waals surface area contributed by atoms with Gasteiger partial charge in [-0.15, -0.1) is 0 Å². The number of carbonyl (C=O) groups is 2. The van der Waals surface area contributed by atoms with Gasteiger partial charge in [-0.2, -0.15) is 5.26 Å². The van der Waals surface area contributed by atoms with E-state index in [-0.39, 0.29) is 12.6 Å². The maximum absolute atomic E-state index is 11.7. The summed E-state index contributed by atoms with van der Waals surface area (Å²) in [5.74, 6) is -0.422. The summed E-state index contributed by atoms with van der Waals surface area (Å²) in [5.41, 5.74) is 1.29. The van der Waals surface area contributed by atoms with Gasteiger partial charge in [-0.3, -0.25) is 4.79 Å². The second-order valence-electron chi connectivity index (χ2n) is 4.98. The molecule has 6 heteroatoms. The quantitative estimate of drug-likeness (QED) is 0.651. The van der Waals surface area contributed by atoms with E-state index in [1.54, 1.807) is 49.4 Å². The minimum absolute atomic E-state index is 0.305. The van der Waals surface area contributed by atoms with E-state index < -0.39 is 11.9 Å². The van der Waals surface area contributed by atoms with Gasteiger partial charge in [0.05, 0.1) is 23.9 Å². The van der Waals surface area contributed by atoms with Gasteiger partial charge in [-0.1, -0.05) is 12.1 Å². The lowest BCUT2D eigenvalue weighted by Gasteiger charge is -2.11. The Bertz CT molecular complexity index is 755. The van der Waals surface area contributed by atoms with E-state index in [1.807, 2.05) is 6.07 Å². The van der Waals surface area contributed by atoms with E-state index in [2.05, 4.69) is 5.32 Å². The summed E-state index contributed by atoms with van der Waals surface area (Å²) < 4.78 is 10.0. The molecule has 122 valence electrons. The van der Waals surface area contributed by atoms with Crippen molar-refractivity contribution in [1.29, 1.82) is 5.26 Å². The zero-order valence-electron chi connectivity index (χ0n) is 13.1. The molecular weight excluding hydrogens is 308 g/mol. The number of rotatable bonds is 6. The number of benzene rings is 1. The predicted octanol–water partition coefficient (Wildman–Crippen LogP) is 2.59. The molecule has 0 aliphatic carbocycles. The molecule has 2 aromatic rings. The van der Waals surface area contributed by atoms with Crippen molar-refractivity contribution in [1.82, 2.24) is 5.32 Å². The molecule has 0 saturated heterocycles. The number of hydrogen-bond donors (Lipinski definition) is 1. The Balaban J connectivity index is 1.76. The van der Waals surface area contributed by atoms with Crippen LogP contribution in [-0.2, 0) is 14.3 Å². The summed E-state index contributed by atoms with van der Waals surface area (Å²) in [6, 6.07) is 11.9. The highest BCUT2D eigenvalue weighted by molar-refractivity contribution is 5.89. The molecule has 1 N–H and O–H groups in total. The van der Waals surface area contributed by atoms with Gasteiger partial charge < -0.3 is 14.5 Å². The van der Waals surface area contributed by atoms with Crippen molar-refractivity contribution < 1.29 is 18.7 Å². The molecule has 24 heavy (non-hydrogen) atoms. The van der Waals surface area contributed by atoms with E-state index >= 15 is 0 Å². The molecule has 0 aliphatic heterocycles. The lowest BCUT2D eigenvalue weighted by molar-refractivity contribution is -0.144. The second-order valence-corrected chi connectivity index (χ2v) is 4.98. The van der Waals surface area contributed by atoms with Gasteiger partial charge in [0.2, 0.25) is 0 Å². The summed E-state index contributed by atoms with van der Waals surface area (Å²) in [6.07, 6.45) is 4.30. The van der Waals surface area contributed by atoms with E-state index in [4.69, 9.17) is 14.4 Å². The monoisotopic (exact) mass is 324 g/mol. The van der Waals surface area contributed by atoms with Gasteiger partial charge in [-0.25, -0.2) is 4.79 Å². The number of esters is 1. The van der Waals surface area contributed by atoms with Crippen molar-refractivity contribution in [3.63, 3.8) is 0 Å². The van der Waals surface area contributed by atoms with Crippen LogP contribution in [0.4, 0.5) is 0 Å². The number of nitriles is 1. The number of carbonyl (C=O) groups excluding carboxylic acids is 2. The van der Waals surface area contributed by atoms with Crippen LogP contribution in [-0.4, -0.2) is 18.5 Å². The molecule has 2 rings (SSSR count). The molecule has 0 bridgehead atoms. The number of nitrogens with zero attached hydrogens (tertiary/aromatic N) is 1. The van der Waals surface area contributed by atoms with Crippen LogP contribution in [0.15, 0.2) is 53.2 Å². The van der Waals surface area contributed by atoms with Crippen molar-refractivity contribution in [2.24, 2.45) is 0 Å². The van der Waals surface area contributed by atoms with Crippen molar-refractivity contribution in [3.05, 3.63) is 65.6 Å². The summed E-state index contributed by atoms with van der Waals surface area (Å²) in [6.45, 7) is 1.39. The zero-order valence-corrected chi connectivity index (χ0v) is 13.1. The van der Waals surface area contributed by atoms with Crippen LogP contribution in [0.25, 0.3) is 6.08 Å². The fraction of sp³-hybridized carbons (Fsp3) is 0.167. The van der Waals surface area contributed by atoms with Crippen molar-refractivity contribution in [3.8, 4) is 6.07 Å². The van der Waals surface area contributed by atoms with Crippen LogP contribution in [0.5, 0.6) is 0 Å². The number of furan rings is 1. The Labute approximate surface area is 139 Å². The second kappa shape index (κ2) is 8.34. The zero-order chi connectivity index (χ0) is 17.4. The smallest absolute Gasteiger partial charge is 0.331 e. The normalized spacial score (nSPS) is 11.7. The Kier molecular flexibility index (Phi) is 5.92. The van der Waals surface area contributed by atoms with Gasteiger partial charge in [-0.05, 0) is 42.8 Å². The van der Waals surface area contributed by atoms with Crippen molar-refractivity contribution in [2.45, 2.75) is 13.0 Å². The summed E-state index contributed by atoms with van der Waals surface area (Å²) >= 11 is 0. The standard InChI is InChI=1S/C18H16N2O4/c1-13(16-3-2-10-23-16)20-17(21)12-24-18(22)9-8-14-4-6-15(11-19)7-5-14/h2-10,13H,12H2,1H3,(H,20,21)/b9-8+/t13-/m1/s1. The number of amides is 1. The van der Waals surface area contributed by atoms with E-state index in [0.29, 0.717) is 11.3 Å². The summed E-state index contributed by atoms with van der Waals surface area (Å²) in [7, 11) is 0. The minimum Gasteiger partial charge on any atom is -0.467 e. The van der Waals surface area contributed by atoms with Crippen molar-refractivity contribution >= 4 is 18.0 Å². The number of hydrogen-bond acceptors (Lipinski definition) is 5. The molecule has 0 saturated carbocycles. The van der Waals surface area contributed by atoms with Gasteiger partial charge in [0, 0.05) is 6.08 Å². The van der Waals surface area contributed by atoms with Crippen LogP contribution in [0, 0.1) is 11.3 Å². The SMILES string of the molecule is C[C@@H](NC(=O)COC(=O)/C=C/c1ccc(C#N)cc1)c1ccco1. The molecule has 1 aromatic carbocycles. The Hall–Kier alpha value is -3.33. The highest BCUT2D eigenvalue weighted by Gasteiger charge is 2.12. The topological polar surface area (TPSA) is 92.3 Å². The number of nitrogens with one attached hydrogen (secondary N) is 1. The molecule has 0 unspecified atom stereocenters. The van der Waals surface area contributed by atoms with Crippen LogP contribution >= 0.6 is 0 Å². The third-order valence-corrected chi connectivity index (χ3v) is 3.14. The fourth-order valence-electron chi connectivity index (χ4n) is 1.91. The van der Waals surface area contributed by atoms with Gasteiger partial charge in [0.1, 0.15) is 5.76 Å². The molecule has 6 nitrogen and oxygen atoms in total. The molecule has 1 amide bonds. The average molecular weight is 324 g/mol. The molecule has 0 fully saturated rings. The van der Waals surface area contributed by atoms with E-state index in [1.165, 1.54) is 12.3 Å². The van der Waals surface area contributed by atoms with Crippen LogP contribution in [0.2, 0.25) is 0 Å². The first-order valence-electron chi connectivity index (χ1n) is 7.26. The first-order valence-corrected chi connectivity index (χ1v) is 7.26. The Morgan fingerprint density at radius 1 is 1.33 bits per heavy atom. The lowest BCUT2D eigenvalue weighted by Crippen LogP contribution is -2.30. The molecule has 0 aliphatic rings. The van der Waals surface area contributed by atoms with Gasteiger partial charge in [0.15, 0.2) is 6.61 Å². The predicted molar refractivity (Wildman–Crippen MR) is 86.4 cm³/mol. The summed E-state index contributed by atoms with van der Waals surface area (Å²) in [4.78, 5) is 23.3. The van der Waals surface area contributed by atoms with Crippen molar-refractivity contribution in [2.75, 3.05) is 6.61 Å². The van der Waals surface area contributed by atoms with Crippen LogP contribution < -0.4 is 5.32 Å². The molecule has 1 atom stereocenters. The van der Waals surface area contributed by atoms with Gasteiger partial charge >= 0.3 is 5.97 Å². The van der Waals surface area contributed by atoms with Gasteiger partial charge in [0.25, 0.3) is 5.91 Å². The first kappa shape index (κ1) is 17.0. The first-order chi connectivity index (χ1) is 11.6. The molecular formula is C18H16N2O4. The van der Waals surface area contributed by atoms with Crippen LogP contribution in [0.1, 0.15) is 29.9 Å². The molecule has 1 heterocycles. The van der Waals surface area contributed by atoms with E-state index in [9.17, 15) is 9.59 Å². The fourth-order valence-corrected chi connectivity index (χ4v) is 1.91. The maximum Gasteiger partial charge on any atom is 0.331 e.